The van der Waals surface area contributed by atoms with Crippen LogP contribution in [0.25, 0.3) is 0 Å². The number of nitrogens with zero attached hydrogens (tertiary/aromatic N) is 2. The second kappa shape index (κ2) is 5.60. The Morgan fingerprint density at radius 2 is 1.57 bits per heavy atom. The van der Waals surface area contributed by atoms with Gasteiger partial charge in [0.15, 0.2) is 0 Å². The lowest BCUT2D eigenvalue weighted by atomic mass is 9.50. The Bertz CT molecular complexity index is 603. The Kier molecular flexibility index (Phi) is 3.69. The van der Waals surface area contributed by atoms with E-state index < -0.39 is 6.10 Å². The largest absolute Gasteiger partial charge is 0.388 e. The van der Waals surface area contributed by atoms with Gasteiger partial charge in [0, 0.05) is 23.4 Å². The lowest BCUT2D eigenvalue weighted by Gasteiger charge is -2.54. The van der Waals surface area contributed by atoms with Gasteiger partial charge in [-0.05, 0) is 68.1 Å². The molecule has 0 radical (unpaired) electrons. The minimum atomic E-state index is -0.500. The van der Waals surface area contributed by atoms with Crippen molar-refractivity contribution < 1.29 is 5.11 Å². The van der Waals surface area contributed by atoms with E-state index in [2.05, 4.69) is 21.8 Å². The smallest absolute Gasteiger partial charge is 0.204 e. The molecule has 0 amide bonds. The normalized spacial score (nSPS) is 35.9. The first-order chi connectivity index (χ1) is 11.0. The first-order valence-electron chi connectivity index (χ1n) is 9.06. The highest BCUT2D eigenvalue weighted by Crippen LogP contribution is 2.59. The predicted molar refractivity (Wildman–Crippen MR) is 89.3 cm³/mol. The van der Waals surface area contributed by atoms with Gasteiger partial charge in [-0.2, -0.15) is 0 Å². The second-order valence-electron chi connectivity index (χ2n) is 8.48. The molecular weight excluding hydrogens is 284 g/mol. The maximum Gasteiger partial charge on any atom is 0.204 e. The highest BCUT2D eigenvalue weighted by molar-refractivity contribution is 5.28. The van der Waals surface area contributed by atoms with Crippen molar-refractivity contribution in [2.75, 3.05) is 0 Å². The molecule has 122 valence electrons. The number of rotatable bonds is 2. The van der Waals surface area contributed by atoms with Crippen LogP contribution in [0.3, 0.4) is 0 Å². The molecular formula is C20H26N2O. The van der Waals surface area contributed by atoms with E-state index in [9.17, 15) is 5.11 Å². The summed E-state index contributed by atoms with van der Waals surface area (Å²) in [5, 5.41) is 10.1. The van der Waals surface area contributed by atoms with E-state index in [0.29, 0.717) is 5.82 Å². The van der Waals surface area contributed by atoms with E-state index >= 15 is 0 Å². The summed E-state index contributed by atoms with van der Waals surface area (Å²) in [6.07, 6.45) is 11.1. The van der Waals surface area contributed by atoms with Crippen LogP contribution in [0.5, 0.6) is 0 Å². The Balaban J connectivity index is 1.52. The van der Waals surface area contributed by atoms with E-state index in [1.165, 1.54) is 38.5 Å². The van der Waals surface area contributed by atoms with E-state index in [-0.39, 0.29) is 11.3 Å². The predicted octanol–water partition coefficient (Wildman–Crippen LogP) is 3.73. The second-order valence-corrected chi connectivity index (χ2v) is 8.48. The SMILES string of the molecule is CC(C)[C@H](O)c1cnc(C#CC23CC4CC(CC(C4)C2)C3)nc1. The zero-order chi connectivity index (χ0) is 16.0. The molecule has 1 aromatic heterocycles. The molecule has 0 unspecified atom stereocenters. The van der Waals surface area contributed by atoms with Crippen LogP contribution in [-0.2, 0) is 0 Å². The van der Waals surface area contributed by atoms with Crippen molar-refractivity contribution in [2.24, 2.45) is 29.1 Å². The molecule has 4 aliphatic rings. The Morgan fingerprint density at radius 1 is 1.04 bits per heavy atom. The summed E-state index contributed by atoms with van der Waals surface area (Å²) in [4.78, 5) is 8.71. The van der Waals surface area contributed by atoms with Crippen LogP contribution in [0.4, 0.5) is 0 Å². The highest BCUT2D eigenvalue weighted by atomic mass is 16.3. The zero-order valence-electron chi connectivity index (χ0n) is 14.1. The molecule has 23 heavy (non-hydrogen) atoms. The molecule has 0 spiro atoms. The number of hydrogen-bond acceptors (Lipinski definition) is 3. The lowest BCUT2D eigenvalue weighted by molar-refractivity contribution is -0.0181. The minimum absolute atomic E-state index is 0.169. The van der Waals surface area contributed by atoms with Gasteiger partial charge in [0.2, 0.25) is 5.82 Å². The average molecular weight is 310 g/mol. The van der Waals surface area contributed by atoms with Crippen LogP contribution in [0.1, 0.15) is 69.9 Å². The molecule has 4 saturated carbocycles. The summed E-state index contributed by atoms with van der Waals surface area (Å²) in [7, 11) is 0. The fraction of sp³-hybridized carbons (Fsp3) is 0.700. The molecule has 4 aliphatic carbocycles. The van der Waals surface area contributed by atoms with Crippen molar-refractivity contribution >= 4 is 0 Å². The molecule has 0 saturated heterocycles. The lowest BCUT2D eigenvalue weighted by Crippen LogP contribution is -2.45. The van der Waals surface area contributed by atoms with Crippen LogP contribution < -0.4 is 0 Å². The molecule has 1 aromatic rings. The third-order valence-corrected chi connectivity index (χ3v) is 6.12. The van der Waals surface area contributed by atoms with Gasteiger partial charge in [0.05, 0.1) is 6.10 Å². The topological polar surface area (TPSA) is 46.0 Å². The third kappa shape index (κ3) is 2.90. The number of aliphatic hydroxyl groups is 1. The van der Waals surface area contributed by atoms with Crippen LogP contribution in [0.2, 0.25) is 0 Å². The fourth-order valence-corrected chi connectivity index (χ4v) is 5.39. The molecule has 1 atom stereocenters. The van der Waals surface area contributed by atoms with Gasteiger partial charge >= 0.3 is 0 Å². The molecule has 5 rings (SSSR count). The van der Waals surface area contributed by atoms with Crippen molar-refractivity contribution in [1.82, 2.24) is 9.97 Å². The van der Waals surface area contributed by atoms with Crippen LogP contribution in [0, 0.1) is 40.9 Å². The van der Waals surface area contributed by atoms with E-state index in [4.69, 9.17) is 0 Å². The van der Waals surface area contributed by atoms with E-state index in [1.807, 2.05) is 13.8 Å². The summed E-state index contributed by atoms with van der Waals surface area (Å²) < 4.78 is 0. The molecule has 4 bridgehead atoms. The van der Waals surface area contributed by atoms with Crippen molar-refractivity contribution in [2.45, 2.75) is 58.5 Å². The summed E-state index contributed by atoms with van der Waals surface area (Å²) in [6, 6.07) is 0. The first-order valence-corrected chi connectivity index (χ1v) is 9.06. The average Bonchev–Trinajstić information content (AvgIpc) is 2.51. The van der Waals surface area contributed by atoms with Crippen molar-refractivity contribution in [1.29, 1.82) is 0 Å². The Hall–Kier alpha value is -1.40. The van der Waals surface area contributed by atoms with Gasteiger partial charge in [-0.25, -0.2) is 9.97 Å². The quantitative estimate of drug-likeness (QED) is 0.847. The first kappa shape index (κ1) is 15.1. The molecule has 1 N–H and O–H groups in total. The van der Waals surface area contributed by atoms with Gasteiger partial charge in [0.1, 0.15) is 0 Å². The maximum absolute atomic E-state index is 10.1. The Morgan fingerprint density at radius 3 is 2.04 bits per heavy atom. The summed E-state index contributed by atoms with van der Waals surface area (Å²) >= 11 is 0. The monoisotopic (exact) mass is 310 g/mol. The highest BCUT2D eigenvalue weighted by Gasteiger charge is 2.50. The standard InChI is InChI=1S/C20H26N2O/c1-13(2)19(23)17-11-21-18(22-12-17)3-4-20-8-14-5-15(9-20)7-16(6-14)10-20/h11-16,19,23H,5-10H2,1-2H3/t14?,15?,16?,19-,20?/m0/s1. The minimum Gasteiger partial charge on any atom is -0.388 e. The van der Waals surface area contributed by atoms with Gasteiger partial charge in [-0.15, -0.1) is 0 Å². The van der Waals surface area contributed by atoms with Gasteiger partial charge < -0.3 is 5.11 Å². The summed E-state index contributed by atoms with van der Waals surface area (Å²) in [5.74, 6) is 10.3. The van der Waals surface area contributed by atoms with Crippen molar-refractivity contribution in [3.05, 3.63) is 23.8 Å². The van der Waals surface area contributed by atoms with E-state index in [0.717, 1.165) is 23.3 Å². The third-order valence-electron chi connectivity index (χ3n) is 6.12. The van der Waals surface area contributed by atoms with Crippen molar-refractivity contribution in [3.8, 4) is 11.8 Å². The molecule has 4 fully saturated rings. The fourth-order valence-electron chi connectivity index (χ4n) is 5.39. The molecule has 0 aromatic carbocycles. The Labute approximate surface area is 138 Å². The van der Waals surface area contributed by atoms with E-state index in [1.54, 1.807) is 12.4 Å². The maximum atomic E-state index is 10.1. The van der Waals surface area contributed by atoms with Crippen LogP contribution in [-0.4, -0.2) is 15.1 Å². The van der Waals surface area contributed by atoms with Gasteiger partial charge in [-0.1, -0.05) is 19.8 Å². The van der Waals surface area contributed by atoms with Crippen molar-refractivity contribution in [3.63, 3.8) is 0 Å². The van der Waals surface area contributed by atoms with Crippen LogP contribution in [0.15, 0.2) is 12.4 Å². The number of aliphatic hydroxyl groups excluding tert-OH is 1. The molecule has 1 heterocycles. The van der Waals surface area contributed by atoms with Crippen LogP contribution >= 0.6 is 0 Å². The number of aromatic nitrogens is 2. The number of hydrogen-bond donors (Lipinski definition) is 1. The molecule has 3 heteroatoms. The van der Waals surface area contributed by atoms with Gasteiger partial charge in [0.25, 0.3) is 0 Å². The summed E-state index contributed by atoms with van der Waals surface area (Å²) in [6.45, 7) is 3.98. The van der Waals surface area contributed by atoms with Gasteiger partial charge in [-0.3, -0.25) is 0 Å². The molecule has 0 aliphatic heterocycles. The zero-order valence-corrected chi connectivity index (χ0v) is 14.1. The molecule has 3 nitrogen and oxygen atoms in total. The summed E-state index contributed by atoms with van der Waals surface area (Å²) in [5.41, 5.74) is 1.02.